The predicted molar refractivity (Wildman–Crippen MR) is 102 cm³/mol. The van der Waals surface area contributed by atoms with Crippen molar-refractivity contribution in [2.24, 2.45) is 0 Å². The summed E-state index contributed by atoms with van der Waals surface area (Å²) in [7, 11) is 0. The van der Waals surface area contributed by atoms with Gasteiger partial charge in [-0.15, -0.1) is 0 Å². The highest BCUT2D eigenvalue weighted by atomic mass is 35.5. The molecule has 1 aromatic carbocycles. The SMILES string of the molecule is CCC(C)NC(=O)c1nc(C(=O)Nc2ccccc2Cl)c2ccccn12. The molecule has 1 unspecified atom stereocenters. The second-order valence-electron chi connectivity index (χ2n) is 5.96. The van der Waals surface area contributed by atoms with Gasteiger partial charge in [-0.1, -0.05) is 36.7 Å². The van der Waals surface area contributed by atoms with E-state index in [1.165, 1.54) is 0 Å². The van der Waals surface area contributed by atoms with E-state index >= 15 is 0 Å². The quantitative estimate of drug-likeness (QED) is 0.717. The molecule has 0 aliphatic heterocycles. The van der Waals surface area contributed by atoms with Gasteiger partial charge in [0.25, 0.3) is 11.8 Å². The fourth-order valence-corrected chi connectivity index (χ4v) is 2.68. The Kier molecular flexibility index (Phi) is 5.23. The van der Waals surface area contributed by atoms with Gasteiger partial charge in [-0.2, -0.15) is 0 Å². The highest BCUT2D eigenvalue weighted by Crippen LogP contribution is 2.22. The summed E-state index contributed by atoms with van der Waals surface area (Å²) in [6, 6.07) is 12.3. The number of imidazole rings is 1. The zero-order valence-corrected chi connectivity index (χ0v) is 15.2. The molecule has 26 heavy (non-hydrogen) atoms. The van der Waals surface area contributed by atoms with Crippen LogP contribution < -0.4 is 10.6 Å². The third-order valence-electron chi connectivity index (χ3n) is 4.08. The number of para-hydroxylation sites is 1. The number of carbonyl (C=O) groups excluding carboxylic acids is 2. The molecule has 3 aromatic rings. The molecule has 2 heterocycles. The molecule has 0 saturated carbocycles. The zero-order valence-electron chi connectivity index (χ0n) is 14.5. The monoisotopic (exact) mass is 370 g/mol. The third kappa shape index (κ3) is 3.55. The van der Waals surface area contributed by atoms with E-state index in [2.05, 4.69) is 15.6 Å². The lowest BCUT2D eigenvalue weighted by molar-refractivity contribution is 0.0928. The fourth-order valence-electron chi connectivity index (χ4n) is 2.50. The number of halogens is 1. The number of hydrogen-bond acceptors (Lipinski definition) is 3. The Morgan fingerprint density at radius 1 is 1.15 bits per heavy atom. The van der Waals surface area contributed by atoms with Crippen LogP contribution in [0.15, 0.2) is 48.7 Å². The molecule has 0 spiro atoms. The van der Waals surface area contributed by atoms with Gasteiger partial charge in [-0.3, -0.25) is 14.0 Å². The van der Waals surface area contributed by atoms with Crippen molar-refractivity contribution in [1.29, 1.82) is 0 Å². The number of hydrogen-bond donors (Lipinski definition) is 2. The molecule has 7 heteroatoms. The van der Waals surface area contributed by atoms with Crippen LogP contribution in [0.4, 0.5) is 5.69 Å². The molecule has 0 bridgehead atoms. The number of fused-ring (bicyclic) bond motifs is 1. The molecule has 134 valence electrons. The number of carbonyl (C=O) groups is 2. The Morgan fingerprint density at radius 2 is 1.88 bits per heavy atom. The summed E-state index contributed by atoms with van der Waals surface area (Å²) in [5.74, 6) is -0.577. The number of pyridine rings is 1. The van der Waals surface area contributed by atoms with Crippen LogP contribution in [0.25, 0.3) is 5.52 Å². The number of amides is 2. The molecule has 0 aliphatic carbocycles. The van der Waals surface area contributed by atoms with Crippen molar-refractivity contribution < 1.29 is 9.59 Å². The molecule has 2 N–H and O–H groups in total. The van der Waals surface area contributed by atoms with Crippen molar-refractivity contribution in [2.45, 2.75) is 26.3 Å². The lowest BCUT2D eigenvalue weighted by Crippen LogP contribution is -2.33. The predicted octanol–water partition coefficient (Wildman–Crippen LogP) is 3.77. The molecular formula is C19H19ClN4O2. The Morgan fingerprint density at radius 3 is 2.62 bits per heavy atom. The van der Waals surface area contributed by atoms with E-state index in [-0.39, 0.29) is 23.5 Å². The summed E-state index contributed by atoms with van der Waals surface area (Å²) in [5, 5.41) is 6.05. The Hall–Kier alpha value is -2.86. The van der Waals surface area contributed by atoms with Crippen LogP contribution in [-0.4, -0.2) is 27.2 Å². The van der Waals surface area contributed by atoms with Crippen LogP contribution >= 0.6 is 11.6 Å². The van der Waals surface area contributed by atoms with Crippen LogP contribution in [-0.2, 0) is 0 Å². The molecule has 0 radical (unpaired) electrons. The summed E-state index contributed by atoms with van der Waals surface area (Å²) >= 11 is 6.10. The number of aromatic nitrogens is 2. The fraction of sp³-hybridized carbons (Fsp3) is 0.211. The largest absolute Gasteiger partial charge is 0.347 e. The molecule has 0 saturated heterocycles. The number of rotatable bonds is 5. The first kappa shape index (κ1) is 17.9. The Bertz CT molecular complexity index is 967. The third-order valence-corrected chi connectivity index (χ3v) is 4.41. The number of anilines is 1. The van der Waals surface area contributed by atoms with Crippen LogP contribution in [0.5, 0.6) is 0 Å². The van der Waals surface area contributed by atoms with Crippen molar-refractivity contribution in [1.82, 2.24) is 14.7 Å². The van der Waals surface area contributed by atoms with Crippen molar-refractivity contribution in [3.8, 4) is 0 Å². The number of benzene rings is 1. The van der Waals surface area contributed by atoms with E-state index in [4.69, 9.17) is 11.6 Å². The van der Waals surface area contributed by atoms with Gasteiger partial charge >= 0.3 is 0 Å². The first-order valence-electron chi connectivity index (χ1n) is 8.35. The van der Waals surface area contributed by atoms with Gasteiger partial charge in [0.1, 0.15) is 0 Å². The molecule has 2 aromatic heterocycles. The van der Waals surface area contributed by atoms with E-state index in [0.29, 0.717) is 16.2 Å². The lowest BCUT2D eigenvalue weighted by atomic mass is 10.2. The molecule has 2 amide bonds. The van der Waals surface area contributed by atoms with E-state index in [1.54, 1.807) is 53.1 Å². The molecule has 1 atom stereocenters. The summed E-state index contributed by atoms with van der Waals surface area (Å²) in [6.45, 7) is 3.90. The lowest BCUT2D eigenvalue weighted by Gasteiger charge is -2.10. The van der Waals surface area contributed by atoms with Crippen LogP contribution in [0.2, 0.25) is 5.02 Å². The molecule has 0 aliphatic rings. The van der Waals surface area contributed by atoms with E-state index in [1.807, 2.05) is 13.8 Å². The average Bonchev–Trinajstić information content (AvgIpc) is 3.03. The normalized spacial score (nSPS) is 12.0. The van der Waals surface area contributed by atoms with E-state index < -0.39 is 5.91 Å². The maximum atomic E-state index is 12.7. The first-order chi connectivity index (χ1) is 12.5. The van der Waals surface area contributed by atoms with Crippen LogP contribution in [0.3, 0.4) is 0 Å². The van der Waals surface area contributed by atoms with E-state index in [0.717, 1.165) is 6.42 Å². The zero-order chi connectivity index (χ0) is 18.7. The van der Waals surface area contributed by atoms with Gasteiger partial charge < -0.3 is 10.6 Å². The first-order valence-corrected chi connectivity index (χ1v) is 8.73. The summed E-state index contributed by atoms with van der Waals surface area (Å²) in [5.41, 5.74) is 1.20. The van der Waals surface area contributed by atoms with Gasteiger partial charge in [0.15, 0.2) is 5.69 Å². The molecule has 6 nitrogen and oxygen atoms in total. The average molecular weight is 371 g/mol. The minimum absolute atomic E-state index is 0.0129. The smallest absolute Gasteiger partial charge is 0.287 e. The van der Waals surface area contributed by atoms with Crippen molar-refractivity contribution in [2.75, 3.05) is 5.32 Å². The van der Waals surface area contributed by atoms with E-state index in [9.17, 15) is 9.59 Å². The minimum Gasteiger partial charge on any atom is -0.347 e. The second kappa shape index (κ2) is 7.58. The highest BCUT2D eigenvalue weighted by molar-refractivity contribution is 6.34. The maximum absolute atomic E-state index is 12.7. The standard InChI is InChI=1S/C19H19ClN4O2/c1-3-12(2)21-19(26)17-23-16(15-10-6-7-11-24(15)17)18(25)22-14-9-5-4-8-13(14)20/h4-12H,3H2,1-2H3,(H,21,26)(H,22,25). The summed E-state index contributed by atoms with van der Waals surface area (Å²) in [6.07, 6.45) is 2.51. The Balaban J connectivity index is 1.97. The van der Waals surface area contributed by atoms with Crippen molar-refractivity contribution in [3.63, 3.8) is 0 Å². The summed E-state index contributed by atoms with van der Waals surface area (Å²) < 4.78 is 1.61. The topological polar surface area (TPSA) is 75.5 Å². The number of nitrogens with zero attached hydrogens (tertiary/aromatic N) is 2. The highest BCUT2D eigenvalue weighted by Gasteiger charge is 2.22. The van der Waals surface area contributed by atoms with Gasteiger partial charge in [-0.25, -0.2) is 4.98 Å². The summed E-state index contributed by atoms with van der Waals surface area (Å²) in [4.78, 5) is 29.5. The van der Waals surface area contributed by atoms with Crippen LogP contribution in [0.1, 0.15) is 41.4 Å². The van der Waals surface area contributed by atoms with Crippen molar-refractivity contribution in [3.05, 3.63) is 65.2 Å². The van der Waals surface area contributed by atoms with Gasteiger partial charge in [0, 0.05) is 12.2 Å². The van der Waals surface area contributed by atoms with Gasteiger partial charge in [0.2, 0.25) is 5.82 Å². The minimum atomic E-state index is -0.426. The van der Waals surface area contributed by atoms with Crippen molar-refractivity contribution >= 4 is 34.6 Å². The van der Waals surface area contributed by atoms with Crippen LogP contribution in [0, 0.1) is 0 Å². The number of nitrogens with one attached hydrogen (secondary N) is 2. The maximum Gasteiger partial charge on any atom is 0.287 e. The van der Waals surface area contributed by atoms with Gasteiger partial charge in [-0.05, 0) is 37.6 Å². The van der Waals surface area contributed by atoms with Gasteiger partial charge in [0.05, 0.1) is 16.2 Å². The molecular weight excluding hydrogens is 352 g/mol. The Labute approximate surface area is 156 Å². The molecule has 3 rings (SSSR count). The molecule has 0 fully saturated rings. The second-order valence-corrected chi connectivity index (χ2v) is 6.36.